The van der Waals surface area contributed by atoms with Gasteiger partial charge in [-0.2, -0.15) is 0 Å². The van der Waals surface area contributed by atoms with Crippen LogP contribution < -0.4 is 10.6 Å². The van der Waals surface area contributed by atoms with Gasteiger partial charge in [-0.3, -0.25) is 9.59 Å². The van der Waals surface area contributed by atoms with E-state index in [1.165, 1.54) is 16.9 Å². The molecule has 0 unspecified atom stereocenters. The number of amides is 2. The fraction of sp³-hybridized carbons (Fsp3) is 0.217. The van der Waals surface area contributed by atoms with E-state index in [9.17, 15) is 9.59 Å². The number of anilines is 1. The number of rotatable bonds is 7. The summed E-state index contributed by atoms with van der Waals surface area (Å²) in [4.78, 5) is 25.9. The Bertz CT molecular complexity index is 921. The predicted octanol–water partition coefficient (Wildman–Crippen LogP) is 4.73. The molecule has 4 nitrogen and oxygen atoms in total. The highest BCUT2D eigenvalue weighted by Crippen LogP contribution is 2.20. The normalized spacial score (nSPS) is 11.8. The van der Waals surface area contributed by atoms with Gasteiger partial charge in [0.1, 0.15) is 6.04 Å². The van der Waals surface area contributed by atoms with Crippen LogP contribution >= 0.6 is 11.3 Å². The van der Waals surface area contributed by atoms with Crippen LogP contribution in [0, 0.1) is 5.92 Å². The molecule has 1 heterocycles. The van der Waals surface area contributed by atoms with Crippen LogP contribution in [-0.2, 0) is 11.2 Å². The Kier molecular flexibility index (Phi) is 6.61. The molecule has 0 aliphatic carbocycles. The quantitative estimate of drug-likeness (QED) is 0.611. The molecule has 3 aromatic rings. The summed E-state index contributed by atoms with van der Waals surface area (Å²) >= 11 is 1.36. The van der Waals surface area contributed by atoms with Crippen molar-refractivity contribution in [1.82, 2.24) is 5.32 Å². The lowest BCUT2D eigenvalue weighted by Crippen LogP contribution is -2.47. The number of hydrogen-bond donors (Lipinski definition) is 2. The number of para-hydroxylation sites is 1. The third kappa shape index (κ3) is 5.08. The molecule has 28 heavy (non-hydrogen) atoms. The second kappa shape index (κ2) is 9.33. The summed E-state index contributed by atoms with van der Waals surface area (Å²) in [6.45, 7) is 3.85. The molecular formula is C23H24N2O2S. The Labute approximate surface area is 169 Å². The Morgan fingerprint density at radius 1 is 0.929 bits per heavy atom. The first-order valence-corrected chi connectivity index (χ1v) is 10.2. The Balaban J connectivity index is 1.74. The number of thiophene rings is 1. The summed E-state index contributed by atoms with van der Waals surface area (Å²) in [6, 6.07) is 20.9. The zero-order valence-electron chi connectivity index (χ0n) is 16.0. The van der Waals surface area contributed by atoms with Crippen molar-refractivity contribution in [3.63, 3.8) is 0 Å². The summed E-state index contributed by atoms with van der Waals surface area (Å²) in [5.41, 5.74) is 2.98. The van der Waals surface area contributed by atoms with E-state index in [2.05, 4.69) is 22.8 Å². The van der Waals surface area contributed by atoms with Gasteiger partial charge >= 0.3 is 0 Å². The molecule has 0 fully saturated rings. The topological polar surface area (TPSA) is 58.2 Å². The van der Waals surface area contributed by atoms with Crippen molar-refractivity contribution in [3.05, 3.63) is 88.1 Å². The predicted molar refractivity (Wildman–Crippen MR) is 115 cm³/mol. The smallest absolute Gasteiger partial charge is 0.262 e. The van der Waals surface area contributed by atoms with Crippen molar-refractivity contribution in [2.24, 2.45) is 5.92 Å². The van der Waals surface area contributed by atoms with Crippen molar-refractivity contribution in [1.29, 1.82) is 0 Å². The van der Waals surface area contributed by atoms with E-state index in [1.807, 2.05) is 67.8 Å². The molecule has 0 saturated heterocycles. The molecule has 2 aromatic carbocycles. The zero-order chi connectivity index (χ0) is 19.9. The average Bonchev–Trinajstić information content (AvgIpc) is 3.23. The average molecular weight is 393 g/mol. The number of carbonyl (C=O) groups excluding carboxylic acids is 2. The minimum atomic E-state index is -0.612. The maximum absolute atomic E-state index is 12.9. The van der Waals surface area contributed by atoms with Crippen LogP contribution in [0.4, 0.5) is 5.69 Å². The SMILES string of the molecule is CC(C)[C@@H](NC(=O)c1cccs1)C(=O)Nc1ccccc1Cc1ccccc1. The molecule has 1 atom stereocenters. The lowest BCUT2D eigenvalue weighted by atomic mass is 10.0. The zero-order valence-corrected chi connectivity index (χ0v) is 16.8. The number of hydrogen-bond acceptors (Lipinski definition) is 3. The van der Waals surface area contributed by atoms with E-state index in [1.54, 1.807) is 6.07 Å². The Morgan fingerprint density at radius 3 is 2.32 bits per heavy atom. The molecule has 3 rings (SSSR count). The van der Waals surface area contributed by atoms with Crippen molar-refractivity contribution < 1.29 is 9.59 Å². The Morgan fingerprint density at radius 2 is 1.64 bits per heavy atom. The number of benzene rings is 2. The third-order valence-electron chi connectivity index (χ3n) is 4.49. The third-order valence-corrected chi connectivity index (χ3v) is 5.36. The van der Waals surface area contributed by atoms with E-state index >= 15 is 0 Å². The minimum Gasteiger partial charge on any atom is -0.339 e. The maximum atomic E-state index is 12.9. The highest BCUT2D eigenvalue weighted by atomic mass is 32.1. The summed E-state index contributed by atoms with van der Waals surface area (Å²) < 4.78 is 0. The van der Waals surface area contributed by atoms with Gasteiger partial charge in [0.2, 0.25) is 5.91 Å². The van der Waals surface area contributed by atoms with Gasteiger partial charge in [0.15, 0.2) is 0 Å². The molecule has 0 bridgehead atoms. The molecular weight excluding hydrogens is 368 g/mol. The van der Waals surface area contributed by atoms with Crippen molar-refractivity contribution in [3.8, 4) is 0 Å². The molecule has 2 amide bonds. The summed E-state index contributed by atoms with van der Waals surface area (Å²) in [6.07, 6.45) is 0.727. The van der Waals surface area contributed by atoms with Crippen molar-refractivity contribution in [2.45, 2.75) is 26.3 Å². The van der Waals surface area contributed by atoms with E-state index < -0.39 is 6.04 Å². The van der Waals surface area contributed by atoms with Gasteiger partial charge in [-0.1, -0.05) is 68.4 Å². The van der Waals surface area contributed by atoms with Crippen LogP contribution in [-0.4, -0.2) is 17.9 Å². The fourth-order valence-electron chi connectivity index (χ4n) is 2.98. The summed E-state index contributed by atoms with van der Waals surface area (Å²) in [5, 5.41) is 7.73. The van der Waals surface area contributed by atoms with E-state index in [0.29, 0.717) is 4.88 Å². The summed E-state index contributed by atoms with van der Waals surface area (Å²) in [5.74, 6) is -0.466. The molecule has 5 heteroatoms. The van der Waals surface area contributed by atoms with Gasteiger partial charge in [-0.15, -0.1) is 11.3 Å². The van der Waals surface area contributed by atoms with Crippen LogP contribution in [0.25, 0.3) is 0 Å². The molecule has 144 valence electrons. The molecule has 0 radical (unpaired) electrons. The van der Waals surface area contributed by atoms with Gasteiger partial charge in [0.05, 0.1) is 4.88 Å². The molecule has 2 N–H and O–H groups in total. The minimum absolute atomic E-state index is 0.0369. The maximum Gasteiger partial charge on any atom is 0.262 e. The van der Waals surface area contributed by atoms with Crippen molar-refractivity contribution in [2.75, 3.05) is 5.32 Å². The first-order chi connectivity index (χ1) is 13.5. The lowest BCUT2D eigenvalue weighted by Gasteiger charge is -2.22. The standard InChI is InChI=1S/C23H24N2O2S/c1-16(2)21(25-22(26)20-13-8-14-28-20)23(27)24-19-12-7-6-11-18(19)15-17-9-4-3-5-10-17/h3-14,16,21H,15H2,1-2H3,(H,24,27)(H,25,26)/t21-/m1/s1. The number of nitrogens with one attached hydrogen (secondary N) is 2. The second-order valence-electron chi connectivity index (χ2n) is 6.98. The van der Waals surface area contributed by atoms with Gasteiger partial charge in [0, 0.05) is 5.69 Å². The van der Waals surface area contributed by atoms with E-state index in [-0.39, 0.29) is 17.7 Å². The van der Waals surface area contributed by atoms with E-state index in [0.717, 1.165) is 17.7 Å². The largest absolute Gasteiger partial charge is 0.339 e. The van der Waals surface area contributed by atoms with Crippen LogP contribution in [0.3, 0.4) is 0 Å². The van der Waals surface area contributed by atoms with E-state index in [4.69, 9.17) is 0 Å². The van der Waals surface area contributed by atoms with Crippen LogP contribution in [0.15, 0.2) is 72.1 Å². The van der Waals surface area contributed by atoms with Gasteiger partial charge in [-0.05, 0) is 41.0 Å². The molecule has 1 aromatic heterocycles. The Hall–Kier alpha value is -2.92. The lowest BCUT2D eigenvalue weighted by molar-refractivity contribution is -0.118. The molecule has 0 saturated carbocycles. The first-order valence-electron chi connectivity index (χ1n) is 9.31. The first kappa shape index (κ1) is 19.8. The highest BCUT2D eigenvalue weighted by molar-refractivity contribution is 7.12. The van der Waals surface area contributed by atoms with Crippen molar-refractivity contribution >= 4 is 28.8 Å². The molecule has 0 aliphatic rings. The fourth-order valence-corrected chi connectivity index (χ4v) is 3.60. The van der Waals surface area contributed by atoms with Gasteiger partial charge < -0.3 is 10.6 Å². The second-order valence-corrected chi connectivity index (χ2v) is 7.93. The van der Waals surface area contributed by atoms with Gasteiger partial charge in [-0.25, -0.2) is 0 Å². The molecule has 0 aliphatic heterocycles. The van der Waals surface area contributed by atoms with Crippen LogP contribution in [0.2, 0.25) is 0 Å². The van der Waals surface area contributed by atoms with Gasteiger partial charge in [0.25, 0.3) is 5.91 Å². The molecule has 0 spiro atoms. The monoisotopic (exact) mass is 392 g/mol. The number of carbonyl (C=O) groups is 2. The highest BCUT2D eigenvalue weighted by Gasteiger charge is 2.25. The summed E-state index contributed by atoms with van der Waals surface area (Å²) in [7, 11) is 0. The van der Waals surface area contributed by atoms with Crippen LogP contribution in [0.1, 0.15) is 34.6 Å². The van der Waals surface area contributed by atoms with Crippen LogP contribution in [0.5, 0.6) is 0 Å².